The van der Waals surface area contributed by atoms with E-state index in [-0.39, 0.29) is 23.8 Å². The number of hydrogen-bond donors (Lipinski definition) is 2. The summed E-state index contributed by atoms with van der Waals surface area (Å²) >= 11 is 5.68. The Balaban J connectivity index is 1.65. The van der Waals surface area contributed by atoms with Gasteiger partial charge in [0, 0.05) is 29.6 Å². The molecule has 3 rings (SSSR count). The predicted octanol–water partition coefficient (Wildman–Crippen LogP) is 3.24. The molecule has 0 aliphatic heterocycles. The number of halogens is 2. The van der Waals surface area contributed by atoms with Crippen LogP contribution >= 0.6 is 11.6 Å². The van der Waals surface area contributed by atoms with Crippen LogP contribution < -0.4 is 10.1 Å². The van der Waals surface area contributed by atoms with Crippen LogP contribution in [0.5, 0.6) is 5.75 Å². The van der Waals surface area contributed by atoms with E-state index < -0.39 is 23.7 Å². The van der Waals surface area contributed by atoms with E-state index in [1.54, 1.807) is 6.20 Å². The third kappa shape index (κ3) is 4.61. The lowest BCUT2D eigenvalue weighted by Crippen LogP contribution is -2.44. The van der Waals surface area contributed by atoms with Gasteiger partial charge < -0.3 is 19.8 Å². The lowest BCUT2D eigenvalue weighted by Gasteiger charge is -2.16. The summed E-state index contributed by atoms with van der Waals surface area (Å²) in [7, 11) is 1.26. The molecule has 0 saturated heterocycles. The molecule has 0 spiro atoms. The summed E-state index contributed by atoms with van der Waals surface area (Å²) in [6.45, 7) is -0.358. The second kappa shape index (κ2) is 8.75. The summed E-state index contributed by atoms with van der Waals surface area (Å²) < 4.78 is 23.3. The van der Waals surface area contributed by atoms with Crippen molar-refractivity contribution in [1.82, 2.24) is 10.3 Å². The molecule has 28 heavy (non-hydrogen) atoms. The molecular formula is C20H18ClFN2O4. The zero-order chi connectivity index (χ0) is 20.1. The van der Waals surface area contributed by atoms with Crippen molar-refractivity contribution < 1.29 is 23.5 Å². The largest absolute Gasteiger partial charge is 0.484 e. The summed E-state index contributed by atoms with van der Waals surface area (Å²) in [4.78, 5) is 27.5. The second-order valence-electron chi connectivity index (χ2n) is 6.07. The van der Waals surface area contributed by atoms with Crippen LogP contribution in [0.25, 0.3) is 10.9 Å². The molecule has 0 saturated carbocycles. The van der Waals surface area contributed by atoms with Gasteiger partial charge in [-0.2, -0.15) is 0 Å². The fourth-order valence-electron chi connectivity index (χ4n) is 2.81. The molecule has 6 nitrogen and oxygen atoms in total. The normalized spacial score (nSPS) is 11.8. The van der Waals surface area contributed by atoms with Gasteiger partial charge in [-0.1, -0.05) is 29.8 Å². The molecule has 2 N–H and O–H groups in total. The fraction of sp³-hybridized carbons (Fsp3) is 0.200. The Kier molecular flexibility index (Phi) is 6.16. The van der Waals surface area contributed by atoms with Gasteiger partial charge in [0.2, 0.25) is 0 Å². The van der Waals surface area contributed by atoms with Crippen molar-refractivity contribution >= 4 is 34.4 Å². The predicted molar refractivity (Wildman–Crippen MR) is 103 cm³/mol. The van der Waals surface area contributed by atoms with E-state index in [4.69, 9.17) is 21.1 Å². The molecule has 3 aromatic rings. The van der Waals surface area contributed by atoms with E-state index >= 15 is 0 Å². The van der Waals surface area contributed by atoms with Gasteiger partial charge in [-0.05, 0) is 23.8 Å². The molecule has 1 atom stereocenters. The van der Waals surface area contributed by atoms with Crippen LogP contribution in [0.3, 0.4) is 0 Å². The fourth-order valence-corrected chi connectivity index (χ4v) is 2.98. The number of H-pyrrole nitrogens is 1. The van der Waals surface area contributed by atoms with Crippen molar-refractivity contribution in [3.8, 4) is 5.75 Å². The van der Waals surface area contributed by atoms with Crippen LogP contribution in [0.1, 0.15) is 5.56 Å². The van der Waals surface area contributed by atoms with Crippen molar-refractivity contribution in [3.05, 3.63) is 65.1 Å². The molecule has 146 valence electrons. The van der Waals surface area contributed by atoms with Gasteiger partial charge in [0.05, 0.1) is 12.1 Å². The number of carbonyl (C=O) groups excluding carboxylic acids is 2. The number of aromatic amines is 1. The molecule has 0 fully saturated rings. The molecule has 8 heteroatoms. The molecule has 0 bridgehead atoms. The monoisotopic (exact) mass is 404 g/mol. The first-order valence-corrected chi connectivity index (χ1v) is 8.85. The van der Waals surface area contributed by atoms with Crippen LogP contribution in [0.2, 0.25) is 5.02 Å². The zero-order valence-electron chi connectivity index (χ0n) is 15.0. The summed E-state index contributed by atoms with van der Waals surface area (Å²) in [5.41, 5.74) is 1.81. The van der Waals surface area contributed by atoms with Crippen molar-refractivity contribution in [2.45, 2.75) is 12.5 Å². The van der Waals surface area contributed by atoms with E-state index in [9.17, 15) is 14.0 Å². The Morgan fingerprint density at radius 3 is 2.79 bits per heavy atom. The highest BCUT2D eigenvalue weighted by molar-refractivity contribution is 6.30. The molecule has 0 aliphatic rings. The summed E-state index contributed by atoms with van der Waals surface area (Å²) in [6.07, 6.45) is 2.05. The van der Waals surface area contributed by atoms with E-state index in [0.29, 0.717) is 0 Å². The van der Waals surface area contributed by atoms with Gasteiger partial charge in [-0.25, -0.2) is 9.18 Å². The third-order valence-corrected chi connectivity index (χ3v) is 4.47. The number of nitrogens with one attached hydrogen (secondary N) is 2. The molecule has 1 amide bonds. The minimum absolute atomic E-state index is 0.107. The smallest absolute Gasteiger partial charge is 0.328 e. The number of amides is 1. The van der Waals surface area contributed by atoms with Gasteiger partial charge in [0.1, 0.15) is 17.6 Å². The van der Waals surface area contributed by atoms with Gasteiger partial charge in [0.15, 0.2) is 6.61 Å². The van der Waals surface area contributed by atoms with Gasteiger partial charge in [-0.15, -0.1) is 0 Å². The number of fused-ring (bicyclic) bond motifs is 1. The standard InChI is InChI=1S/C20H18ClFN2O4/c1-27-20(26)18(8-12-10-23-17-5-3-2-4-14(12)17)24-19(25)11-28-13-6-7-16(22)15(21)9-13/h2-7,9-10,18,23H,8,11H2,1H3,(H,24,25)/t18-/m1/s1. The van der Waals surface area contributed by atoms with Crippen molar-refractivity contribution in [2.75, 3.05) is 13.7 Å². The maximum atomic E-state index is 13.2. The topological polar surface area (TPSA) is 80.4 Å². The second-order valence-corrected chi connectivity index (χ2v) is 6.48. The van der Waals surface area contributed by atoms with Crippen LogP contribution in [0.4, 0.5) is 4.39 Å². The lowest BCUT2D eigenvalue weighted by atomic mass is 10.0. The first-order chi connectivity index (χ1) is 13.5. The van der Waals surface area contributed by atoms with E-state index in [1.165, 1.54) is 19.2 Å². The van der Waals surface area contributed by atoms with Crippen LogP contribution in [-0.2, 0) is 20.7 Å². The molecule has 1 heterocycles. The first-order valence-electron chi connectivity index (χ1n) is 8.48. The lowest BCUT2D eigenvalue weighted by molar-refractivity contribution is -0.145. The SMILES string of the molecule is COC(=O)[C@@H](Cc1c[nH]c2ccccc12)NC(=O)COc1ccc(F)c(Cl)c1. The number of aromatic nitrogens is 1. The number of ether oxygens (including phenoxy) is 2. The number of para-hydroxylation sites is 1. The van der Waals surface area contributed by atoms with E-state index in [1.807, 2.05) is 24.3 Å². The number of carbonyl (C=O) groups is 2. The molecule has 0 aliphatic carbocycles. The highest BCUT2D eigenvalue weighted by Gasteiger charge is 2.23. The molecule has 2 aromatic carbocycles. The third-order valence-electron chi connectivity index (χ3n) is 4.18. The highest BCUT2D eigenvalue weighted by atomic mass is 35.5. The first kappa shape index (κ1) is 19.7. The van der Waals surface area contributed by atoms with Crippen molar-refractivity contribution in [1.29, 1.82) is 0 Å². The molecule has 1 aromatic heterocycles. The summed E-state index contributed by atoms with van der Waals surface area (Å²) in [6, 6.07) is 10.5. The minimum Gasteiger partial charge on any atom is -0.484 e. The van der Waals surface area contributed by atoms with Gasteiger partial charge >= 0.3 is 5.97 Å². The minimum atomic E-state index is -0.878. The highest BCUT2D eigenvalue weighted by Crippen LogP contribution is 2.21. The Labute approximate surface area is 165 Å². The van der Waals surface area contributed by atoms with Crippen molar-refractivity contribution in [2.24, 2.45) is 0 Å². The van der Waals surface area contributed by atoms with Crippen LogP contribution in [-0.4, -0.2) is 36.6 Å². The summed E-state index contributed by atoms with van der Waals surface area (Å²) in [5, 5.41) is 3.46. The average molecular weight is 405 g/mol. The Morgan fingerprint density at radius 1 is 1.25 bits per heavy atom. The number of hydrogen-bond acceptors (Lipinski definition) is 4. The number of methoxy groups -OCH3 is 1. The molecular weight excluding hydrogens is 387 g/mol. The maximum Gasteiger partial charge on any atom is 0.328 e. The Bertz CT molecular complexity index is 1000. The van der Waals surface area contributed by atoms with E-state index in [0.717, 1.165) is 22.5 Å². The zero-order valence-corrected chi connectivity index (χ0v) is 15.8. The number of rotatable bonds is 7. The van der Waals surface area contributed by atoms with Gasteiger partial charge in [0.25, 0.3) is 5.91 Å². The van der Waals surface area contributed by atoms with Gasteiger partial charge in [-0.3, -0.25) is 4.79 Å². The molecule has 0 unspecified atom stereocenters. The Morgan fingerprint density at radius 2 is 2.04 bits per heavy atom. The molecule has 0 radical (unpaired) electrons. The van der Waals surface area contributed by atoms with Crippen LogP contribution in [0, 0.1) is 5.82 Å². The average Bonchev–Trinajstić information content (AvgIpc) is 3.11. The quantitative estimate of drug-likeness (QED) is 0.592. The van der Waals surface area contributed by atoms with Crippen molar-refractivity contribution in [3.63, 3.8) is 0 Å². The maximum absolute atomic E-state index is 13.2. The van der Waals surface area contributed by atoms with E-state index in [2.05, 4.69) is 10.3 Å². The Hall–Kier alpha value is -3.06. The number of benzene rings is 2. The summed E-state index contributed by atoms with van der Waals surface area (Å²) in [5.74, 6) is -1.42. The van der Waals surface area contributed by atoms with Crippen LogP contribution in [0.15, 0.2) is 48.7 Å². The number of esters is 1.